The number of para-hydroxylation sites is 1. The zero-order chi connectivity index (χ0) is 26.9. The van der Waals surface area contributed by atoms with Crippen LogP contribution in [0.25, 0.3) is 0 Å². The lowest BCUT2D eigenvalue weighted by molar-refractivity contribution is 0.0729. The molecule has 0 aromatic heterocycles. The second-order valence-corrected chi connectivity index (χ2v) is 8.73. The highest BCUT2D eigenvalue weighted by Gasteiger charge is 2.16. The van der Waals surface area contributed by atoms with E-state index in [2.05, 4.69) is 10.5 Å². The summed E-state index contributed by atoms with van der Waals surface area (Å²) >= 11 is 12.0. The van der Waals surface area contributed by atoms with Gasteiger partial charge in [-0.2, -0.15) is 5.10 Å². The molecule has 1 N–H and O–H groups in total. The number of carbonyl (C=O) groups is 2. The predicted octanol–water partition coefficient (Wildman–Crippen LogP) is 6.56. The van der Waals surface area contributed by atoms with E-state index in [1.807, 2.05) is 12.1 Å². The molecule has 0 heterocycles. The summed E-state index contributed by atoms with van der Waals surface area (Å²) in [6, 6.07) is 25.6. The number of benzene rings is 4. The summed E-state index contributed by atoms with van der Waals surface area (Å²) < 4.78 is 16.6. The van der Waals surface area contributed by atoms with E-state index < -0.39 is 11.9 Å². The fourth-order valence-electron chi connectivity index (χ4n) is 3.38. The minimum absolute atomic E-state index is 0.213. The first-order valence-corrected chi connectivity index (χ1v) is 12.1. The van der Waals surface area contributed by atoms with Gasteiger partial charge in [-0.15, -0.1) is 0 Å². The fourth-order valence-corrected chi connectivity index (χ4v) is 3.72. The van der Waals surface area contributed by atoms with Crippen LogP contribution in [0.5, 0.6) is 17.2 Å². The van der Waals surface area contributed by atoms with Crippen LogP contribution in [-0.4, -0.2) is 25.2 Å². The molecular formula is C29H22Cl2N2O5. The number of methoxy groups -OCH3 is 1. The Kier molecular flexibility index (Phi) is 8.98. The number of rotatable bonds is 9. The first-order valence-electron chi connectivity index (χ1n) is 11.4. The van der Waals surface area contributed by atoms with Crippen molar-refractivity contribution in [2.75, 3.05) is 7.11 Å². The Morgan fingerprint density at radius 3 is 2.29 bits per heavy atom. The molecular weight excluding hydrogens is 527 g/mol. The van der Waals surface area contributed by atoms with Gasteiger partial charge in [0.25, 0.3) is 5.91 Å². The van der Waals surface area contributed by atoms with Crippen LogP contribution in [0.4, 0.5) is 0 Å². The van der Waals surface area contributed by atoms with Crippen molar-refractivity contribution in [3.05, 3.63) is 123 Å². The highest BCUT2D eigenvalue weighted by atomic mass is 35.5. The molecule has 0 aliphatic heterocycles. The van der Waals surface area contributed by atoms with Gasteiger partial charge in [0, 0.05) is 5.02 Å². The molecule has 0 spiro atoms. The van der Waals surface area contributed by atoms with Gasteiger partial charge in [0.15, 0.2) is 11.5 Å². The van der Waals surface area contributed by atoms with Crippen LogP contribution >= 0.6 is 23.2 Å². The molecule has 0 atom stereocenters. The normalized spacial score (nSPS) is 10.7. The number of ether oxygens (including phenoxy) is 3. The Bertz CT molecular complexity index is 1470. The van der Waals surface area contributed by atoms with E-state index in [0.29, 0.717) is 27.6 Å². The van der Waals surface area contributed by atoms with Crippen molar-refractivity contribution in [1.29, 1.82) is 0 Å². The van der Waals surface area contributed by atoms with Crippen LogP contribution in [0.1, 0.15) is 31.8 Å². The molecule has 192 valence electrons. The van der Waals surface area contributed by atoms with Gasteiger partial charge in [0.2, 0.25) is 0 Å². The molecule has 0 unspecified atom stereocenters. The molecule has 0 fully saturated rings. The summed E-state index contributed by atoms with van der Waals surface area (Å²) in [6.45, 7) is 0.276. The SMILES string of the molecule is COc1cc(C=NNC(=O)c2ccccc2OCc2ccc(Cl)cc2)ccc1OC(=O)c1ccccc1Cl. The average Bonchev–Trinajstić information content (AvgIpc) is 2.93. The molecule has 0 aliphatic carbocycles. The quantitative estimate of drug-likeness (QED) is 0.111. The number of hydrazone groups is 1. The second kappa shape index (κ2) is 12.8. The zero-order valence-corrected chi connectivity index (χ0v) is 21.7. The van der Waals surface area contributed by atoms with E-state index >= 15 is 0 Å². The smallest absolute Gasteiger partial charge is 0.345 e. The number of carbonyl (C=O) groups excluding carboxylic acids is 2. The van der Waals surface area contributed by atoms with E-state index in [1.54, 1.807) is 78.9 Å². The molecule has 7 nitrogen and oxygen atoms in total. The number of halogens is 2. The number of esters is 1. The summed E-state index contributed by atoms with van der Waals surface area (Å²) in [5.41, 5.74) is 4.59. The van der Waals surface area contributed by atoms with Crippen molar-refractivity contribution in [3.8, 4) is 17.2 Å². The summed E-state index contributed by atoms with van der Waals surface area (Å²) in [5.74, 6) is -0.113. The maximum atomic E-state index is 12.8. The number of hydrogen-bond acceptors (Lipinski definition) is 6. The van der Waals surface area contributed by atoms with Crippen LogP contribution < -0.4 is 19.6 Å². The van der Waals surface area contributed by atoms with Crippen LogP contribution in [-0.2, 0) is 6.61 Å². The molecule has 38 heavy (non-hydrogen) atoms. The highest BCUT2D eigenvalue weighted by Crippen LogP contribution is 2.29. The van der Waals surface area contributed by atoms with E-state index in [1.165, 1.54) is 13.3 Å². The third-order valence-corrected chi connectivity index (χ3v) is 5.88. The molecule has 4 aromatic carbocycles. The zero-order valence-electron chi connectivity index (χ0n) is 20.2. The Morgan fingerprint density at radius 1 is 0.842 bits per heavy atom. The minimum atomic E-state index is -0.612. The molecule has 4 aromatic rings. The lowest BCUT2D eigenvalue weighted by atomic mass is 10.2. The predicted molar refractivity (Wildman–Crippen MR) is 147 cm³/mol. The van der Waals surface area contributed by atoms with E-state index in [9.17, 15) is 9.59 Å². The van der Waals surface area contributed by atoms with Crippen molar-refractivity contribution in [2.24, 2.45) is 5.10 Å². The Balaban J connectivity index is 1.40. The highest BCUT2D eigenvalue weighted by molar-refractivity contribution is 6.33. The van der Waals surface area contributed by atoms with Gasteiger partial charge < -0.3 is 14.2 Å². The average molecular weight is 549 g/mol. The lowest BCUT2D eigenvalue weighted by Gasteiger charge is -2.11. The third-order valence-electron chi connectivity index (χ3n) is 5.30. The van der Waals surface area contributed by atoms with Crippen molar-refractivity contribution in [1.82, 2.24) is 5.43 Å². The van der Waals surface area contributed by atoms with Gasteiger partial charge in [-0.3, -0.25) is 4.79 Å². The van der Waals surface area contributed by atoms with Crippen LogP contribution in [0.15, 0.2) is 96.1 Å². The second-order valence-electron chi connectivity index (χ2n) is 7.89. The van der Waals surface area contributed by atoms with Crippen molar-refractivity contribution in [2.45, 2.75) is 6.61 Å². The number of hydrogen-bond donors (Lipinski definition) is 1. The van der Waals surface area contributed by atoms with Gasteiger partial charge >= 0.3 is 5.97 Å². The lowest BCUT2D eigenvalue weighted by Crippen LogP contribution is -2.18. The molecule has 4 rings (SSSR count). The van der Waals surface area contributed by atoms with E-state index in [0.717, 1.165) is 5.56 Å². The molecule has 9 heteroatoms. The van der Waals surface area contributed by atoms with Crippen LogP contribution in [0, 0.1) is 0 Å². The summed E-state index contributed by atoms with van der Waals surface area (Å²) in [6.07, 6.45) is 1.44. The van der Waals surface area contributed by atoms with Gasteiger partial charge in [-0.1, -0.05) is 59.6 Å². The monoisotopic (exact) mass is 548 g/mol. The molecule has 0 aliphatic rings. The fraction of sp³-hybridized carbons (Fsp3) is 0.0690. The van der Waals surface area contributed by atoms with Gasteiger partial charge in [-0.05, 0) is 65.7 Å². The largest absolute Gasteiger partial charge is 0.493 e. The molecule has 0 radical (unpaired) electrons. The number of nitrogens with one attached hydrogen (secondary N) is 1. The Labute approximate surface area is 229 Å². The maximum Gasteiger partial charge on any atom is 0.345 e. The molecule has 1 amide bonds. The molecule has 0 saturated heterocycles. The number of amides is 1. The number of nitrogens with zero attached hydrogens (tertiary/aromatic N) is 1. The first-order chi connectivity index (χ1) is 18.4. The van der Waals surface area contributed by atoms with E-state index in [-0.39, 0.29) is 22.9 Å². The third kappa shape index (κ3) is 6.91. The molecule has 0 bridgehead atoms. The topological polar surface area (TPSA) is 86.2 Å². The van der Waals surface area contributed by atoms with Crippen LogP contribution in [0.3, 0.4) is 0 Å². The van der Waals surface area contributed by atoms with Crippen molar-refractivity contribution >= 4 is 41.3 Å². The van der Waals surface area contributed by atoms with Gasteiger partial charge in [0.1, 0.15) is 12.4 Å². The Morgan fingerprint density at radius 2 is 1.55 bits per heavy atom. The van der Waals surface area contributed by atoms with Gasteiger partial charge in [0.05, 0.1) is 29.5 Å². The summed E-state index contributed by atoms with van der Waals surface area (Å²) in [4.78, 5) is 25.2. The minimum Gasteiger partial charge on any atom is -0.493 e. The Hall–Kier alpha value is -4.33. The van der Waals surface area contributed by atoms with Crippen molar-refractivity contribution in [3.63, 3.8) is 0 Å². The maximum absolute atomic E-state index is 12.8. The first kappa shape index (κ1) is 26.7. The summed E-state index contributed by atoms with van der Waals surface area (Å²) in [5, 5.41) is 4.96. The van der Waals surface area contributed by atoms with Gasteiger partial charge in [-0.25, -0.2) is 10.2 Å². The standard InChI is InChI=1S/C29H22Cl2N2O5/c1-36-27-16-20(12-15-26(27)38-29(35)22-6-2-4-8-24(22)31)17-32-33-28(34)23-7-3-5-9-25(23)37-18-19-10-13-21(30)14-11-19/h2-17H,18H2,1H3,(H,33,34). The summed E-state index contributed by atoms with van der Waals surface area (Å²) in [7, 11) is 1.45. The van der Waals surface area contributed by atoms with Crippen molar-refractivity contribution < 1.29 is 23.8 Å². The van der Waals surface area contributed by atoms with Crippen LogP contribution in [0.2, 0.25) is 10.0 Å². The molecule has 0 saturated carbocycles. The van der Waals surface area contributed by atoms with E-state index in [4.69, 9.17) is 37.4 Å².